The van der Waals surface area contributed by atoms with Crippen molar-refractivity contribution in [3.05, 3.63) is 36.0 Å². The monoisotopic (exact) mass is 301 g/mol. The van der Waals surface area contributed by atoms with Gasteiger partial charge in [-0.3, -0.25) is 4.79 Å². The highest BCUT2D eigenvalue weighted by molar-refractivity contribution is 5.83. The Morgan fingerprint density at radius 1 is 1.36 bits per heavy atom. The minimum atomic E-state index is -0.318. The largest absolute Gasteiger partial charge is 0.364 e. The molecule has 22 heavy (non-hydrogen) atoms. The molecule has 0 saturated carbocycles. The molecule has 2 atom stereocenters. The first-order valence-electron chi connectivity index (χ1n) is 7.96. The van der Waals surface area contributed by atoms with E-state index >= 15 is 0 Å². The zero-order chi connectivity index (χ0) is 15.4. The third kappa shape index (κ3) is 3.31. The van der Waals surface area contributed by atoms with Gasteiger partial charge in [-0.15, -0.1) is 0 Å². The van der Waals surface area contributed by atoms with Crippen molar-refractivity contribution in [1.82, 2.24) is 10.3 Å². The molecule has 1 fully saturated rings. The number of fused-ring (bicyclic) bond motifs is 1. The maximum Gasteiger partial charge on any atom is 0.249 e. The molecular weight excluding hydrogens is 278 g/mol. The summed E-state index contributed by atoms with van der Waals surface area (Å²) in [6.45, 7) is 1.16. The first-order valence-corrected chi connectivity index (χ1v) is 7.96. The maximum absolute atomic E-state index is 12.0. The first kappa shape index (κ1) is 15.1. The Bertz CT molecular complexity index is 638. The summed E-state index contributed by atoms with van der Waals surface area (Å²) in [5.41, 5.74) is 8.02. The molecule has 1 aromatic carbocycles. The maximum atomic E-state index is 12.0. The van der Waals surface area contributed by atoms with Gasteiger partial charge >= 0.3 is 0 Å². The average Bonchev–Trinajstić information content (AvgIpc) is 3.18. The number of aromatic nitrogens is 1. The van der Waals surface area contributed by atoms with E-state index in [1.54, 1.807) is 0 Å². The van der Waals surface area contributed by atoms with Crippen LogP contribution in [0, 0.1) is 0 Å². The summed E-state index contributed by atoms with van der Waals surface area (Å²) in [7, 11) is 0. The molecule has 3 rings (SSSR count). The molecule has 0 bridgehead atoms. The van der Waals surface area contributed by atoms with Crippen LogP contribution in [0.2, 0.25) is 0 Å². The van der Waals surface area contributed by atoms with E-state index in [4.69, 9.17) is 10.5 Å². The van der Waals surface area contributed by atoms with Gasteiger partial charge in [-0.2, -0.15) is 0 Å². The average molecular weight is 301 g/mol. The van der Waals surface area contributed by atoms with Crippen LogP contribution in [-0.2, 0) is 16.0 Å². The number of para-hydroxylation sites is 1. The Kier molecular flexibility index (Phi) is 4.75. The number of aryl methyl sites for hydroxylation is 1. The van der Waals surface area contributed by atoms with Crippen molar-refractivity contribution < 1.29 is 9.53 Å². The van der Waals surface area contributed by atoms with Gasteiger partial charge in [0.25, 0.3) is 0 Å². The predicted octanol–water partition coefficient (Wildman–Crippen LogP) is 1.72. The number of nitrogens with two attached hydrogens (primary N) is 1. The second-order valence-electron chi connectivity index (χ2n) is 5.81. The van der Waals surface area contributed by atoms with Crippen molar-refractivity contribution in [3.63, 3.8) is 0 Å². The molecule has 1 saturated heterocycles. The van der Waals surface area contributed by atoms with Crippen LogP contribution >= 0.6 is 0 Å². The highest BCUT2D eigenvalue weighted by Gasteiger charge is 2.29. The molecule has 0 unspecified atom stereocenters. The summed E-state index contributed by atoms with van der Waals surface area (Å²) in [5.74, 6) is -0.00474. The van der Waals surface area contributed by atoms with E-state index in [1.165, 1.54) is 10.9 Å². The number of ether oxygens (including phenoxy) is 1. The normalized spacial score (nSPS) is 21.3. The summed E-state index contributed by atoms with van der Waals surface area (Å²) < 4.78 is 5.59. The minimum absolute atomic E-state index is 0.00474. The number of H-pyrrole nitrogens is 1. The fraction of sp³-hybridized carbons (Fsp3) is 0.471. The predicted molar refractivity (Wildman–Crippen MR) is 86.6 cm³/mol. The number of hydrogen-bond acceptors (Lipinski definition) is 3. The first-order chi connectivity index (χ1) is 10.8. The van der Waals surface area contributed by atoms with E-state index in [-0.39, 0.29) is 18.1 Å². The van der Waals surface area contributed by atoms with Crippen molar-refractivity contribution in [2.24, 2.45) is 5.73 Å². The van der Waals surface area contributed by atoms with Gasteiger partial charge < -0.3 is 20.8 Å². The van der Waals surface area contributed by atoms with Gasteiger partial charge in [-0.05, 0) is 37.3 Å². The molecule has 118 valence electrons. The lowest BCUT2D eigenvalue weighted by molar-refractivity contribution is -0.131. The number of aromatic amines is 1. The van der Waals surface area contributed by atoms with Crippen molar-refractivity contribution in [1.29, 1.82) is 0 Å². The molecule has 1 aromatic heterocycles. The molecule has 4 N–H and O–H groups in total. The van der Waals surface area contributed by atoms with Gasteiger partial charge in [0.15, 0.2) is 0 Å². The summed E-state index contributed by atoms with van der Waals surface area (Å²) in [6.07, 6.45) is 5.30. The molecule has 1 amide bonds. The van der Waals surface area contributed by atoms with Crippen LogP contribution in [0.4, 0.5) is 0 Å². The Labute approximate surface area is 130 Å². The molecule has 1 aliphatic heterocycles. The molecule has 1 aliphatic rings. The number of carbonyl (C=O) groups is 1. The summed E-state index contributed by atoms with van der Waals surface area (Å²) >= 11 is 0. The number of benzene rings is 1. The van der Waals surface area contributed by atoms with Crippen molar-refractivity contribution in [2.75, 3.05) is 13.1 Å². The smallest absolute Gasteiger partial charge is 0.249 e. The molecule has 5 heteroatoms. The SMILES string of the molecule is NC[C@H]1CC[C@@H](C(=O)NCCCc2c[nH]c3ccccc23)O1. The van der Waals surface area contributed by atoms with Crippen LogP contribution in [0.15, 0.2) is 30.5 Å². The van der Waals surface area contributed by atoms with Gasteiger partial charge in [0.05, 0.1) is 6.10 Å². The van der Waals surface area contributed by atoms with E-state index in [0.717, 1.165) is 31.2 Å². The molecule has 5 nitrogen and oxygen atoms in total. The van der Waals surface area contributed by atoms with Crippen LogP contribution < -0.4 is 11.1 Å². The highest BCUT2D eigenvalue weighted by Crippen LogP contribution is 2.20. The number of carbonyl (C=O) groups excluding carboxylic acids is 1. The standard InChI is InChI=1S/C17H23N3O2/c18-10-13-7-8-16(22-13)17(21)19-9-3-4-12-11-20-15-6-2-1-5-14(12)15/h1-2,5-6,11,13,16,20H,3-4,7-10,18H2,(H,19,21)/t13-,16+/m1/s1. The fourth-order valence-corrected chi connectivity index (χ4v) is 3.01. The van der Waals surface area contributed by atoms with Crippen LogP contribution in [0.5, 0.6) is 0 Å². The number of amides is 1. The van der Waals surface area contributed by atoms with Crippen molar-refractivity contribution in [2.45, 2.75) is 37.9 Å². The number of nitrogens with one attached hydrogen (secondary N) is 2. The van der Waals surface area contributed by atoms with E-state index in [2.05, 4.69) is 28.6 Å². The zero-order valence-corrected chi connectivity index (χ0v) is 12.7. The lowest BCUT2D eigenvalue weighted by atomic mass is 10.1. The molecule has 0 spiro atoms. The lowest BCUT2D eigenvalue weighted by Crippen LogP contribution is -2.36. The quantitative estimate of drug-likeness (QED) is 0.711. The zero-order valence-electron chi connectivity index (χ0n) is 12.7. The fourth-order valence-electron chi connectivity index (χ4n) is 3.01. The van der Waals surface area contributed by atoms with Gasteiger partial charge in [-0.25, -0.2) is 0 Å². The van der Waals surface area contributed by atoms with Gasteiger partial charge in [0.1, 0.15) is 6.10 Å². The molecule has 0 radical (unpaired) electrons. The summed E-state index contributed by atoms with van der Waals surface area (Å²) in [5, 5.41) is 4.23. The van der Waals surface area contributed by atoms with Gasteiger partial charge in [0.2, 0.25) is 5.91 Å². The van der Waals surface area contributed by atoms with Gasteiger partial charge in [0, 0.05) is 30.2 Å². The lowest BCUT2D eigenvalue weighted by Gasteiger charge is -2.12. The Balaban J connectivity index is 1.43. The molecule has 2 heterocycles. The summed E-state index contributed by atoms with van der Waals surface area (Å²) in [4.78, 5) is 15.3. The van der Waals surface area contributed by atoms with Crippen LogP contribution in [-0.4, -0.2) is 36.2 Å². The van der Waals surface area contributed by atoms with E-state index in [9.17, 15) is 4.79 Å². The Morgan fingerprint density at radius 2 is 2.23 bits per heavy atom. The van der Waals surface area contributed by atoms with Crippen LogP contribution in [0.3, 0.4) is 0 Å². The Hall–Kier alpha value is -1.85. The van der Waals surface area contributed by atoms with Gasteiger partial charge in [-0.1, -0.05) is 18.2 Å². The topological polar surface area (TPSA) is 80.1 Å². The third-order valence-electron chi connectivity index (χ3n) is 4.26. The second kappa shape index (κ2) is 6.94. The van der Waals surface area contributed by atoms with Crippen molar-refractivity contribution >= 4 is 16.8 Å². The summed E-state index contributed by atoms with van der Waals surface area (Å²) in [6, 6.07) is 8.27. The van der Waals surface area contributed by atoms with E-state index in [0.29, 0.717) is 13.1 Å². The number of rotatable bonds is 6. The van der Waals surface area contributed by atoms with Crippen LogP contribution in [0.1, 0.15) is 24.8 Å². The minimum Gasteiger partial charge on any atom is -0.364 e. The highest BCUT2D eigenvalue weighted by atomic mass is 16.5. The number of hydrogen-bond donors (Lipinski definition) is 3. The second-order valence-corrected chi connectivity index (χ2v) is 5.81. The molecule has 2 aromatic rings. The van der Waals surface area contributed by atoms with Crippen molar-refractivity contribution in [3.8, 4) is 0 Å². The van der Waals surface area contributed by atoms with E-state index in [1.807, 2.05) is 12.1 Å². The molecular formula is C17H23N3O2. The molecule has 0 aliphatic carbocycles. The van der Waals surface area contributed by atoms with Crippen LogP contribution in [0.25, 0.3) is 10.9 Å². The Morgan fingerprint density at radius 3 is 3.05 bits per heavy atom. The third-order valence-corrected chi connectivity index (χ3v) is 4.26. The van der Waals surface area contributed by atoms with E-state index < -0.39 is 0 Å².